The molecule has 23 heavy (non-hydrogen) atoms. The lowest BCUT2D eigenvalue weighted by molar-refractivity contribution is 0.0146. The van der Waals surface area contributed by atoms with Crippen LogP contribution in [0.1, 0.15) is 46.1 Å². The summed E-state index contributed by atoms with van der Waals surface area (Å²) in [6, 6.07) is 0.626. The number of aromatic nitrogens is 1. The van der Waals surface area contributed by atoms with E-state index >= 15 is 0 Å². The summed E-state index contributed by atoms with van der Waals surface area (Å²) in [6.45, 7) is 7.89. The summed E-state index contributed by atoms with van der Waals surface area (Å²) in [5.41, 5.74) is 0.876. The second-order valence-electron chi connectivity index (χ2n) is 6.64. The van der Waals surface area contributed by atoms with Crippen molar-refractivity contribution >= 4 is 17.2 Å². The Morgan fingerprint density at radius 1 is 1.13 bits per heavy atom. The Bertz CT molecular complexity index is 544. The van der Waals surface area contributed by atoms with Crippen LogP contribution in [0.2, 0.25) is 0 Å². The van der Waals surface area contributed by atoms with Gasteiger partial charge in [0.2, 0.25) is 0 Å². The zero-order chi connectivity index (χ0) is 16.4. The highest BCUT2D eigenvalue weighted by Crippen LogP contribution is 2.25. The summed E-state index contributed by atoms with van der Waals surface area (Å²) in [7, 11) is 1.81. The van der Waals surface area contributed by atoms with Gasteiger partial charge in [-0.05, 0) is 39.5 Å². The molecule has 2 aliphatic heterocycles. The zero-order valence-electron chi connectivity index (χ0n) is 14.4. The maximum absolute atomic E-state index is 12.7. The van der Waals surface area contributed by atoms with Crippen molar-refractivity contribution in [2.75, 3.05) is 33.3 Å². The molecule has 0 radical (unpaired) electrons. The Hall–Kier alpha value is -0.980. The second kappa shape index (κ2) is 7.28. The predicted molar refractivity (Wildman–Crippen MR) is 92.1 cm³/mol. The van der Waals surface area contributed by atoms with Crippen LogP contribution >= 0.6 is 11.3 Å². The molecule has 0 bridgehead atoms. The van der Waals surface area contributed by atoms with Gasteiger partial charge in [-0.2, -0.15) is 0 Å². The molecule has 5 nitrogen and oxygen atoms in total. The van der Waals surface area contributed by atoms with Gasteiger partial charge in [0.15, 0.2) is 0 Å². The summed E-state index contributed by atoms with van der Waals surface area (Å²) in [5, 5.41) is 0.974. The molecular formula is C17H27N3O2S. The number of rotatable bonds is 3. The quantitative estimate of drug-likeness (QED) is 0.850. The largest absolute Gasteiger partial charge is 0.381 e. The van der Waals surface area contributed by atoms with E-state index in [0.717, 1.165) is 67.4 Å². The maximum atomic E-state index is 12.7. The number of methoxy groups -OCH3 is 1. The highest BCUT2D eigenvalue weighted by atomic mass is 32.1. The van der Waals surface area contributed by atoms with Crippen molar-refractivity contribution in [2.24, 2.45) is 0 Å². The van der Waals surface area contributed by atoms with Crippen molar-refractivity contribution in [1.82, 2.24) is 14.8 Å². The van der Waals surface area contributed by atoms with Crippen molar-refractivity contribution in [3.63, 3.8) is 0 Å². The number of hydrogen-bond acceptors (Lipinski definition) is 5. The highest BCUT2D eigenvalue weighted by Gasteiger charge is 2.30. The third-order valence-corrected chi connectivity index (χ3v) is 6.24. The third-order valence-electron chi connectivity index (χ3n) is 5.18. The molecule has 2 aliphatic rings. The molecule has 2 fully saturated rings. The maximum Gasteiger partial charge on any atom is 0.265 e. The summed E-state index contributed by atoms with van der Waals surface area (Å²) < 4.78 is 5.45. The van der Waals surface area contributed by atoms with Gasteiger partial charge in [-0.15, -0.1) is 11.3 Å². The minimum absolute atomic E-state index is 0.171. The Morgan fingerprint density at radius 3 is 2.30 bits per heavy atom. The van der Waals surface area contributed by atoms with Gasteiger partial charge in [0.25, 0.3) is 5.91 Å². The molecule has 128 valence electrons. The Kier molecular flexibility index (Phi) is 5.34. The van der Waals surface area contributed by atoms with Crippen LogP contribution in [0.3, 0.4) is 0 Å². The average molecular weight is 337 g/mol. The van der Waals surface area contributed by atoms with Crippen molar-refractivity contribution in [3.05, 3.63) is 15.6 Å². The van der Waals surface area contributed by atoms with Gasteiger partial charge in [-0.3, -0.25) is 4.79 Å². The fourth-order valence-electron chi connectivity index (χ4n) is 3.78. The minimum Gasteiger partial charge on any atom is -0.381 e. The molecule has 0 unspecified atom stereocenters. The summed E-state index contributed by atoms with van der Waals surface area (Å²) in [5.74, 6) is 0.171. The van der Waals surface area contributed by atoms with Gasteiger partial charge in [0.1, 0.15) is 4.88 Å². The van der Waals surface area contributed by atoms with E-state index in [4.69, 9.17) is 4.74 Å². The first-order valence-electron chi connectivity index (χ1n) is 8.58. The second-order valence-corrected chi connectivity index (χ2v) is 7.85. The Morgan fingerprint density at radius 2 is 1.78 bits per heavy atom. The lowest BCUT2D eigenvalue weighted by Crippen LogP contribution is -2.49. The number of nitrogens with zero attached hydrogens (tertiary/aromatic N) is 3. The highest BCUT2D eigenvalue weighted by molar-refractivity contribution is 7.13. The molecule has 3 heterocycles. The molecular weight excluding hydrogens is 310 g/mol. The van der Waals surface area contributed by atoms with Crippen LogP contribution in [-0.2, 0) is 4.74 Å². The molecule has 1 aromatic rings. The number of thiazole rings is 1. The van der Waals surface area contributed by atoms with E-state index < -0.39 is 0 Å². The van der Waals surface area contributed by atoms with Gasteiger partial charge in [0.05, 0.1) is 16.8 Å². The monoisotopic (exact) mass is 337 g/mol. The molecule has 2 saturated heterocycles. The van der Waals surface area contributed by atoms with Crippen LogP contribution in [0, 0.1) is 13.8 Å². The molecule has 1 aromatic heterocycles. The molecule has 6 heteroatoms. The SMILES string of the molecule is COC1CCN(C2CCN(C(=O)c3sc(C)nc3C)CC2)CC1. The predicted octanol–water partition coefficient (Wildman–Crippen LogP) is 2.48. The first kappa shape index (κ1) is 16.9. The fourth-order valence-corrected chi connectivity index (χ4v) is 4.67. The van der Waals surface area contributed by atoms with Crippen LogP contribution < -0.4 is 0 Å². The van der Waals surface area contributed by atoms with Crippen LogP contribution in [-0.4, -0.2) is 66.1 Å². The number of likely N-dealkylation sites (tertiary alicyclic amines) is 2. The molecule has 0 saturated carbocycles. The van der Waals surface area contributed by atoms with Crippen LogP contribution in [0.4, 0.5) is 0 Å². The van der Waals surface area contributed by atoms with E-state index in [-0.39, 0.29) is 5.91 Å². The number of carbonyl (C=O) groups excluding carboxylic acids is 1. The van der Waals surface area contributed by atoms with Crippen molar-refractivity contribution in [1.29, 1.82) is 0 Å². The average Bonchev–Trinajstić information content (AvgIpc) is 2.93. The minimum atomic E-state index is 0.171. The van der Waals surface area contributed by atoms with Gasteiger partial charge in [-0.25, -0.2) is 4.98 Å². The fraction of sp³-hybridized carbons (Fsp3) is 0.765. The number of piperidine rings is 2. The van der Waals surface area contributed by atoms with E-state index in [2.05, 4.69) is 9.88 Å². The van der Waals surface area contributed by atoms with Crippen LogP contribution in [0.5, 0.6) is 0 Å². The van der Waals surface area contributed by atoms with E-state index in [1.165, 1.54) is 11.3 Å². The Labute approximate surface area is 142 Å². The third kappa shape index (κ3) is 3.75. The first-order valence-corrected chi connectivity index (χ1v) is 9.40. The molecule has 3 rings (SSSR count). The van der Waals surface area contributed by atoms with E-state index in [9.17, 15) is 4.79 Å². The van der Waals surface area contributed by atoms with Crippen molar-refractivity contribution in [2.45, 2.75) is 51.7 Å². The number of amides is 1. The number of carbonyl (C=O) groups is 1. The first-order chi connectivity index (χ1) is 11.1. The summed E-state index contributed by atoms with van der Waals surface area (Å²) in [6.07, 6.45) is 4.87. The normalized spacial score (nSPS) is 21.8. The number of aryl methyl sites for hydroxylation is 2. The van der Waals surface area contributed by atoms with Crippen LogP contribution in [0.15, 0.2) is 0 Å². The topological polar surface area (TPSA) is 45.7 Å². The smallest absolute Gasteiger partial charge is 0.265 e. The lowest BCUT2D eigenvalue weighted by atomic mass is 9.98. The molecule has 0 aliphatic carbocycles. The van der Waals surface area contributed by atoms with E-state index in [1.54, 1.807) is 0 Å². The standard InChI is InChI=1S/C17H27N3O2S/c1-12-16(23-13(2)18-12)17(21)20-8-4-14(5-9-20)19-10-6-15(22-3)7-11-19/h14-15H,4-11H2,1-3H3. The number of ether oxygens (including phenoxy) is 1. The van der Waals surface area contributed by atoms with E-state index in [1.807, 2.05) is 25.9 Å². The van der Waals surface area contributed by atoms with Gasteiger partial charge in [0, 0.05) is 39.3 Å². The van der Waals surface area contributed by atoms with Crippen molar-refractivity contribution < 1.29 is 9.53 Å². The van der Waals surface area contributed by atoms with Crippen LogP contribution in [0.25, 0.3) is 0 Å². The lowest BCUT2D eigenvalue weighted by Gasteiger charge is -2.41. The van der Waals surface area contributed by atoms with Gasteiger partial charge >= 0.3 is 0 Å². The molecule has 1 amide bonds. The Balaban J connectivity index is 1.52. The summed E-state index contributed by atoms with van der Waals surface area (Å²) in [4.78, 5) is 22.5. The van der Waals surface area contributed by atoms with E-state index in [0.29, 0.717) is 12.1 Å². The molecule has 0 atom stereocenters. The molecule has 0 spiro atoms. The van der Waals surface area contributed by atoms with Gasteiger partial charge in [-0.1, -0.05) is 0 Å². The molecule has 0 N–H and O–H groups in total. The zero-order valence-corrected chi connectivity index (χ0v) is 15.2. The van der Waals surface area contributed by atoms with Gasteiger partial charge < -0.3 is 14.5 Å². The van der Waals surface area contributed by atoms with Crippen molar-refractivity contribution in [3.8, 4) is 0 Å². The number of hydrogen-bond donors (Lipinski definition) is 0. The summed E-state index contributed by atoms with van der Waals surface area (Å²) >= 11 is 1.52. The molecule has 0 aromatic carbocycles.